The second-order valence-electron chi connectivity index (χ2n) is 12.3. The first-order valence-electron chi connectivity index (χ1n) is 14.0. The summed E-state index contributed by atoms with van der Waals surface area (Å²) in [5, 5.41) is 27.1. The lowest BCUT2D eigenvalue weighted by Gasteiger charge is -2.49. The van der Waals surface area contributed by atoms with E-state index in [9.17, 15) is 20.2 Å². The topological polar surface area (TPSA) is 111 Å². The predicted octanol–water partition coefficient (Wildman–Crippen LogP) is 8.29. The van der Waals surface area contributed by atoms with Crippen LogP contribution in [0.3, 0.4) is 0 Å². The summed E-state index contributed by atoms with van der Waals surface area (Å²) in [7, 11) is 0. The van der Waals surface area contributed by atoms with Gasteiger partial charge in [0.2, 0.25) is 0 Å². The van der Waals surface area contributed by atoms with E-state index in [-0.39, 0.29) is 17.1 Å². The summed E-state index contributed by atoms with van der Waals surface area (Å²) in [5.41, 5.74) is 6.48. The fourth-order valence-electron chi connectivity index (χ4n) is 7.79. The van der Waals surface area contributed by atoms with Crippen LogP contribution in [0.5, 0.6) is 0 Å². The van der Waals surface area contributed by atoms with Crippen LogP contribution >= 0.6 is 0 Å². The second-order valence-corrected chi connectivity index (χ2v) is 12.3. The normalized spacial score (nSPS) is 29.2. The Bertz CT molecular complexity index is 1110. The quantitative estimate of drug-likeness (QED) is 0.265. The Balaban J connectivity index is 1.49. The molecule has 5 atom stereocenters. The molecule has 2 fully saturated rings. The Labute approximate surface area is 220 Å². The van der Waals surface area contributed by atoms with E-state index in [4.69, 9.17) is 0 Å². The first-order chi connectivity index (χ1) is 17.5. The van der Waals surface area contributed by atoms with Gasteiger partial charge < -0.3 is 0 Å². The van der Waals surface area contributed by atoms with Gasteiger partial charge in [0, 0.05) is 6.07 Å². The van der Waals surface area contributed by atoms with E-state index in [0.717, 1.165) is 54.7 Å². The van der Waals surface area contributed by atoms with Crippen LogP contribution in [0.4, 0.5) is 17.1 Å². The Morgan fingerprint density at radius 1 is 1.08 bits per heavy atom. The molecule has 0 spiro atoms. The first-order valence-corrected chi connectivity index (χ1v) is 14.0. The molecule has 1 N–H and O–H groups in total. The van der Waals surface area contributed by atoms with Crippen molar-refractivity contribution in [3.63, 3.8) is 0 Å². The van der Waals surface area contributed by atoms with E-state index in [1.54, 1.807) is 0 Å². The summed E-state index contributed by atoms with van der Waals surface area (Å²) in [5.74, 6) is 3.71. The molecule has 202 valence electrons. The molecule has 4 rings (SSSR count). The van der Waals surface area contributed by atoms with Gasteiger partial charge in [0.15, 0.2) is 0 Å². The van der Waals surface area contributed by atoms with E-state index in [2.05, 4.69) is 45.1 Å². The molecule has 0 amide bonds. The third kappa shape index (κ3) is 5.43. The Hall–Kier alpha value is -2.77. The van der Waals surface area contributed by atoms with Gasteiger partial charge in [-0.25, -0.2) is 0 Å². The number of fused-ring (bicyclic) bond motifs is 3. The summed E-state index contributed by atoms with van der Waals surface area (Å²) in [6.07, 6.45) is 10.9. The standard InChI is InChI=1S/C29H42N4O4/c1-18(2)7-6-8-19(3)24-11-12-25-23-10-14-26(20(4)22(23)15-16-29(24,25)5)30-31-27-13-9-21(32(34)35)17-28(27)33(36)37/h9,13,17-19,23-25,31H,6-8,10-12,14-16H2,1-5H3/b30-26+/t19-,23+,24+,25+,29+/m0/s1. The minimum Gasteiger partial charge on any atom is -0.271 e. The van der Waals surface area contributed by atoms with Gasteiger partial charge in [-0.2, -0.15) is 5.10 Å². The molecule has 0 aliphatic heterocycles. The predicted molar refractivity (Wildman–Crippen MR) is 148 cm³/mol. The summed E-state index contributed by atoms with van der Waals surface area (Å²) >= 11 is 0. The molecule has 8 nitrogen and oxygen atoms in total. The molecule has 1 aromatic rings. The molecule has 0 saturated heterocycles. The minimum absolute atomic E-state index is 0.171. The number of nitrogens with one attached hydrogen (secondary N) is 1. The maximum Gasteiger partial charge on any atom is 0.301 e. The third-order valence-corrected chi connectivity index (χ3v) is 9.78. The third-order valence-electron chi connectivity index (χ3n) is 9.78. The van der Waals surface area contributed by atoms with Gasteiger partial charge in [-0.15, -0.1) is 0 Å². The fraction of sp³-hybridized carbons (Fsp3) is 0.690. The van der Waals surface area contributed by atoms with Crippen molar-refractivity contribution in [1.29, 1.82) is 0 Å². The molecule has 2 saturated carbocycles. The van der Waals surface area contributed by atoms with Crippen LogP contribution < -0.4 is 5.43 Å². The van der Waals surface area contributed by atoms with Gasteiger partial charge in [-0.05, 0) is 92.1 Å². The van der Waals surface area contributed by atoms with Crippen molar-refractivity contribution in [3.05, 3.63) is 49.6 Å². The number of nitro groups is 2. The molecular weight excluding hydrogens is 468 g/mol. The van der Waals surface area contributed by atoms with E-state index in [1.165, 1.54) is 61.8 Å². The molecule has 0 unspecified atom stereocenters. The van der Waals surface area contributed by atoms with Crippen LogP contribution in [0.2, 0.25) is 0 Å². The van der Waals surface area contributed by atoms with E-state index >= 15 is 0 Å². The van der Waals surface area contributed by atoms with Gasteiger partial charge in [0.1, 0.15) is 5.69 Å². The minimum atomic E-state index is -0.630. The van der Waals surface area contributed by atoms with Crippen LogP contribution in [0.15, 0.2) is 34.4 Å². The Kier molecular flexibility index (Phi) is 8.05. The molecular formula is C29H42N4O4. The van der Waals surface area contributed by atoms with Gasteiger partial charge in [-0.3, -0.25) is 25.7 Å². The van der Waals surface area contributed by atoms with Gasteiger partial charge >= 0.3 is 5.69 Å². The smallest absolute Gasteiger partial charge is 0.271 e. The molecule has 37 heavy (non-hydrogen) atoms. The maximum atomic E-state index is 11.5. The molecule has 8 heteroatoms. The number of hydrazone groups is 1. The molecule has 0 aromatic heterocycles. The van der Waals surface area contributed by atoms with Crippen molar-refractivity contribution in [1.82, 2.24) is 0 Å². The van der Waals surface area contributed by atoms with Crippen molar-refractivity contribution < 1.29 is 9.85 Å². The summed E-state index contributed by atoms with van der Waals surface area (Å²) in [6.45, 7) is 11.8. The van der Waals surface area contributed by atoms with E-state index in [1.807, 2.05) is 0 Å². The highest BCUT2D eigenvalue weighted by Crippen LogP contribution is 2.63. The zero-order valence-corrected chi connectivity index (χ0v) is 23.0. The zero-order chi connectivity index (χ0) is 26.9. The highest BCUT2D eigenvalue weighted by Gasteiger charge is 2.54. The number of nitro benzene ring substituents is 2. The van der Waals surface area contributed by atoms with Gasteiger partial charge in [0.25, 0.3) is 5.69 Å². The molecule has 1 aromatic carbocycles. The zero-order valence-electron chi connectivity index (χ0n) is 23.0. The Morgan fingerprint density at radius 3 is 2.51 bits per heavy atom. The van der Waals surface area contributed by atoms with Crippen molar-refractivity contribution in [2.24, 2.45) is 40.1 Å². The SMILES string of the molecule is CC1=C2CC[C@@]3(C)[C@H](CC[C@@H]3[C@@H](C)CCCC(C)C)[C@@H]2CC/C1=N\Nc1ccc([N+](=O)[O-])cc1[N+](=O)[O-]. The second kappa shape index (κ2) is 10.9. The fourth-order valence-corrected chi connectivity index (χ4v) is 7.79. The van der Waals surface area contributed by atoms with Crippen molar-refractivity contribution in [3.8, 4) is 0 Å². The lowest BCUT2D eigenvalue weighted by atomic mass is 9.55. The summed E-state index contributed by atoms with van der Waals surface area (Å²) in [4.78, 5) is 21.3. The highest BCUT2D eigenvalue weighted by atomic mass is 16.6. The number of nitrogens with zero attached hydrogens (tertiary/aromatic N) is 3. The van der Waals surface area contributed by atoms with Crippen molar-refractivity contribution in [2.45, 2.75) is 92.4 Å². The van der Waals surface area contributed by atoms with Crippen LogP contribution in [-0.2, 0) is 0 Å². The summed E-state index contributed by atoms with van der Waals surface area (Å²) < 4.78 is 0. The number of rotatable bonds is 9. The number of anilines is 1. The monoisotopic (exact) mass is 510 g/mol. The Morgan fingerprint density at radius 2 is 1.84 bits per heavy atom. The molecule has 0 heterocycles. The molecule has 3 aliphatic rings. The summed E-state index contributed by atoms with van der Waals surface area (Å²) in [6, 6.07) is 3.61. The largest absolute Gasteiger partial charge is 0.301 e. The van der Waals surface area contributed by atoms with Crippen molar-refractivity contribution >= 4 is 22.8 Å². The maximum absolute atomic E-state index is 11.5. The average molecular weight is 511 g/mol. The number of hydrogen-bond donors (Lipinski definition) is 1. The molecule has 3 aliphatic carbocycles. The lowest BCUT2D eigenvalue weighted by Crippen LogP contribution is -2.42. The van der Waals surface area contributed by atoms with Crippen LogP contribution in [0.1, 0.15) is 92.4 Å². The van der Waals surface area contributed by atoms with Crippen LogP contribution in [0.25, 0.3) is 0 Å². The number of allylic oxidation sites excluding steroid dienone is 2. The number of non-ortho nitro benzene ring substituents is 1. The number of hydrogen-bond acceptors (Lipinski definition) is 6. The van der Waals surface area contributed by atoms with Gasteiger partial charge in [0.05, 0.1) is 21.6 Å². The lowest BCUT2D eigenvalue weighted by molar-refractivity contribution is -0.393. The van der Waals surface area contributed by atoms with Crippen LogP contribution in [0, 0.1) is 55.2 Å². The number of benzene rings is 1. The van der Waals surface area contributed by atoms with Crippen molar-refractivity contribution in [2.75, 3.05) is 5.43 Å². The van der Waals surface area contributed by atoms with E-state index < -0.39 is 9.85 Å². The van der Waals surface area contributed by atoms with E-state index in [0.29, 0.717) is 11.3 Å². The van der Waals surface area contributed by atoms with Gasteiger partial charge in [-0.1, -0.05) is 52.5 Å². The first kappa shape index (κ1) is 27.3. The highest BCUT2D eigenvalue weighted by molar-refractivity contribution is 6.01. The van der Waals surface area contributed by atoms with Crippen LogP contribution in [-0.4, -0.2) is 15.6 Å². The average Bonchev–Trinajstić information content (AvgIpc) is 3.20. The molecule has 0 radical (unpaired) electrons. The molecule has 0 bridgehead atoms.